The maximum absolute atomic E-state index is 12.5. The Morgan fingerprint density at radius 3 is 3.10 bits per heavy atom. The third kappa shape index (κ3) is 2.58. The van der Waals surface area contributed by atoms with E-state index in [1.165, 1.54) is 0 Å². The van der Waals surface area contributed by atoms with E-state index in [9.17, 15) is 4.79 Å². The summed E-state index contributed by atoms with van der Waals surface area (Å²) in [6, 6.07) is 4.90. The average molecular weight is 306 g/mol. The number of benzene rings is 1. The number of halogens is 1. The lowest BCUT2D eigenvalue weighted by atomic mass is 10.2. The van der Waals surface area contributed by atoms with Crippen molar-refractivity contribution >= 4 is 23.2 Å². The Morgan fingerprint density at radius 2 is 2.29 bits per heavy atom. The summed E-state index contributed by atoms with van der Waals surface area (Å²) in [4.78, 5) is 14.1. The van der Waals surface area contributed by atoms with E-state index in [1.807, 2.05) is 0 Å². The van der Waals surface area contributed by atoms with Crippen molar-refractivity contribution in [3.63, 3.8) is 0 Å². The molecule has 110 valence electrons. The van der Waals surface area contributed by atoms with Crippen LogP contribution in [0.5, 0.6) is 0 Å². The lowest BCUT2D eigenvalue weighted by Crippen LogP contribution is -2.28. The van der Waals surface area contributed by atoms with Crippen molar-refractivity contribution in [1.82, 2.24) is 19.7 Å². The molecule has 1 amide bonds. The second kappa shape index (κ2) is 5.37. The van der Waals surface area contributed by atoms with Gasteiger partial charge in [-0.05, 0) is 24.6 Å². The standard InChI is InChI=1S/C14H16ClN5O/c1-19(8-13-18-17-12-3-2-6-20(12)13)14(21)10-7-9(16)4-5-11(10)15/h4-5,7H,2-3,6,8,16H2,1H3. The molecule has 1 aromatic carbocycles. The molecule has 0 unspecified atom stereocenters. The summed E-state index contributed by atoms with van der Waals surface area (Å²) < 4.78 is 2.07. The molecule has 1 aliphatic heterocycles. The second-order valence-electron chi connectivity index (χ2n) is 5.19. The number of carbonyl (C=O) groups excluding carboxylic acids is 1. The number of carbonyl (C=O) groups is 1. The van der Waals surface area contributed by atoms with E-state index < -0.39 is 0 Å². The molecule has 6 nitrogen and oxygen atoms in total. The number of rotatable bonds is 3. The van der Waals surface area contributed by atoms with E-state index in [1.54, 1.807) is 30.1 Å². The van der Waals surface area contributed by atoms with E-state index in [-0.39, 0.29) is 5.91 Å². The van der Waals surface area contributed by atoms with E-state index in [0.717, 1.165) is 31.0 Å². The first-order valence-corrected chi connectivity index (χ1v) is 7.15. The topological polar surface area (TPSA) is 77.0 Å². The largest absolute Gasteiger partial charge is 0.399 e. The Bertz CT molecular complexity index is 697. The van der Waals surface area contributed by atoms with Crippen molar-refractivity contribution in [2.45, 2.75) is 25.9 Å². The third-order valence-electron chi connectivity index (χ3n) is 3.63. The van der Waals surface area contributed by atoms with Crippen LogP contribution in [0.4, 0.5) is 5.69 Å². The highest BCUT2D eigenvalue weighted by Gasteiger charge is 2.21. The van der Waals surface area contributed by atoms with Gasteiger partial charge in [0.05, 0.1) is 17.1 Å². The van der Waals surface area contributed by atoms with E-state index in [0.29, 0.717) is 22.8 Å². The molecule has 0 fully saturated rings. The summed E-state index contributed by atoms with van der Waals surface area (Å²) in [6.45, 7) is 1.32. The fraction of sp³-hybridized carbons (Fsp3) is 0.357. The van der Waals surface area contributed by atoms with Crippen molar-refractivity contribution in [2.75, 3.05) is 12.8 Å². The molecule has 0 saturated carbocycles. The molecule has 1 aromatic heterocycles. The molecular weight excluding hydrogens is 290 g/mol. The van der Waals surface area contributed by atoms with Crippen LogP contribution in [0.2, 0.25) is 5.02 Å². The monoisotopic (exact) mass is 305 g/mol. The van der Waals surface area contributed by atoms with Gasteiger partial charge in [0.25, 0.3) is 5.91 Å². The van der Waals surface area contributed by atoms with E-state index in [4.69, 9.17) is 17.3 Å². The van der Waals surface area contributed by atoms with Crippen LogP contribution >= 0.6 is 11.6 Å². The Hall–Kier alpha value is -2.08. The third-order valence-corrected chi connectivity index (χ3v) is 3.96. The minimum atomic E-state index is -0.178. The van der Waals surface area contributed by atoms with Crippen LogP contribution in [0.3, 0.4) is 0 Å². The summed E-state index contributed by atoms with van der Waals surface area (Å²) in [5.41, 5.74) is 6.64. The zero-order valence-electron chi connectivity index (χ0n) is 11.7. The predicted molar refractivity (Wildman–Crippen MR) is 80.0 cm³/mol. The smallest absolute Gasteiger partial charge is 0.255 e. The van der Waals surface area contributed by atoms with Gasteiger partial charge in [0, 0.05) is 25.7 Å². The van der Waals surface area contributed by atoms with Crippen molar-refractivity contribution in [2.24, 2.45) is 0 Å². The van der Waals surface area contributed by atoms with Crippen LogP contribution in [0.1, 0.15) is 28.4 Å². The van der Waals surface area contributed by atoms with Crippen LogP contribution in [0.25, 0.3) is 0 Å². The number of nitrogens with two attached hydrogens (primary N) is 1. The minimum absolute atomic E-state index is 0.178. The van der Waals surface area contributed by atoms with Gasteiger partial charge in [0.15, 0.2) is 5.82 Å². The van der Waals surface area contributed by atoms with Crippen LogP contribution in [-0.2, 0) is 19.5 Å². The number of amides is 1. The number of fused-ring (bicyclic) bond motifs is 1. The highest BCUT2D eigenvalue weighted by Crippen LogP contribution is 2.21. The maximum Gasteiger partial charge on any atom is 0.255 e. The summed E-state index contributed by atoms with van der Waals surface area (Å²) in [5.74, 6) is 1.62. The van der Waals surface area contributed by atoms with E-state index in [2.05, 4.69) is 14.8 Å². The molecule has 21 heavy (non-hydrogen) atoms. The van der Waals surface area contributed by atoms with Crippen LogP contribution in [0, 0.1) is 0 Å². The Balaban J connectivity index is 1.80. The van der Waals surface area contributed by atoms with Gasteiger partial charge in [-0.25, -0.2) is 0 Å². The van der Waals surface area contributed by atoms with Gasteiger partial charge in [0.2, 0.25) is 0 Å². The van der Waals surface area contributed by atoms with Crippen molar-refractivity contribution in [3.8, 4) is 0 Å². The van der Waals surface area contributed by atoms with E-state index >= 15 is 0 Å². The molecule has 2 heterocycles. The summed E-state index contributed by atoms with van der Waals surface area (Å²) >= 11 is 6.07. The number of hydrogen-bond acceptors (Lipinski definition) is 4. The molecule has 0 spiro atoms. The Kier molecular flexibility index (Phi) is 3.55. The van der Waals surface area contributed by atoms with Gasteiger partial charge >= 0.3 is 0 Å². The predicted octanol–water partition coefficient (Wildman–Crippen LogP) is 1.73. The first-order valence-electron chi connectivity index (χ1n) is 6.77. The van der Waals surface area contributed by atoms with Gasteiger partial charge in [-0.2, -0.15) is 0 Å². The zero-order chi connectivity index (χ0) is 15.0. The molecule has 0 radical (unpaired) electrons. The molecule has 3 rings (SSSR count). The second-order valence-corrected chi connectivity index (χ2v) is 5.60. The number of aryl methyl sites for hydroxylation is 1. The molecule has 1 aliphatic rings. The van der Waals surface area contributed by atoms with Crippen molar-refractivity contribution in [1.29, 1.82) is 0 Å². The quantitative estimate of drug-likeness (QED) is 0.876. The van der Waals surface area contributed by atoms with Crippen LogP contribution in [0.15, 0.2) is 18.2 Å². The first kappa shape index (κ1) is 13.9. The number of anilines is 1. The summed E-state index contributed by atoms with van der Waals surface area (Å²) in [6.07, 6.45) is 2.03. The molecule has 7 heteroatoms. The SMILES string of the molecule is CN(Cc1nnc2n1CCC2)C(=O)c1cc(N)ccc1Cl. The van der Waals surface area contributed by atoms with Gasteiger partial charge < -0.3 is 15.2 Å². The molecule has 2 aromatic rings. The van der Waals surface area contributed by atoms with Crippen LogP contribution in [-0.4, -0.2) is 32.6 Å². The normalized spacial score (nSPS) is 13.2. The number of nitrogen functional groups attached to an aromatic ring is 1. The number of aromatic nitrogens is 3. The molecule has 0 atom stereocenters. The van der Waals surface area contributed by atoms with Crippen molar-refractivity contribution < 1.29 is 4.79 Å². The molecule has 0 bridgehead atoms. The fourth-order valence-electron chi connectivity index (χ4n) is 2.52. The number of nitrogens with zero attached hydrogens (tertiary/aromatic N) is 4. The maximum atomic E-state index is 12.5. The molecule has 0 aliphatic carbocycles. The van der Waals surface area contributed by atoms with Gasteiger partial charge in [0.1, 0.15) is 5.82 Å². The average Bonchev–Trinajstić information content (AvgIpc) is 3.05. The minimum Gasteiger partial charge on any atom is -0.399 e. The lowest BCUT2D eigenvalue weighted by Gasteiger charge is -2.17. The first-order chi connectivity index (χ1) is 10.1. The summed E-state index contributed by atoms with van der Waals surface area (Å²) in [7, 11) is 1.72. The highest BCUT2D eigenvalue weighted by atomic mass is 35.5. The van der Waals surface area contributed by atoms with Gasteiger partial charge in [-0.3, -0.25) is 4.79 Å². The van der Waals surface area contributed by atoms with Gasteiger partial charge in [-0.15, -0.1) is 10.2 Å². The highest BCUT2D eigenvalue weighted by molar-refractivity contribution is 6.33. The number of hydrogen-bond donors (Lipinski definition) is 1. The molecule has 0 saturated heterocycles. The molecule has 2 N–H and O–H groups in total. The summed E-state index contributed by atoms with van der Waals surface area (Å²) in [5, 5.41) is 8.69. The Morgan fingerprint density at radius 1 is 1.48 bits per heavy atom. The zero-order valence-corrected chi connectivity index (χ0v) is 12.5. The Labute approximate surface area is 127 Å². The lowest BCUT2D eigenvalue weighted by molar-refractivity contribution is 0.0780. The fourth-order valence-corrected chi connectivity index (χ4v) is 2.72. The van der Waals surface area contributed by atoms with Crippen molar-refractivity contribution in [3.05, 3.63) is 40.4 Å². The molecular formula is C14H16ClN5O. The van der Waals surface area contributed by atoms with Gasteiger partial charge in [-0.1, -0.05) is 11.6 Å². The van der Waals surface area contributed by atoms with Crippen LogP contribution < -0.4 is 5.73 Å².